The van der Waals surface area contributed by atoms with Crippen molar-refractivity contribution in [3.8, 4) is 0 Å². The fourth-order valence-electron chi connectivity index (χ4n) is 2.18. The van der Waals surface area contributed by atoms with E-state index in [2.05, 4.69) is 5.10 Å². The number of aliphatic hydroxyl groups is 1. The zero-order valence-electron chi connectivity index (χ0n) is 10.1. The summed E-state index contributed by atoms with van der Waals surface area (Å²) in [6, 6.07) is 0.603. The minimum Gasteiger partial charge on any atom is -0.394 e. The highest BCUT2D eigenvalue weighted by Gasteiger charge is 2.34. The standard InChI is InChI=1S/C11H14F3N3O2/c12-11(13,14)9-3-5-16(15-9)6-10(19)17-4-1-2-8(17)7-18/h3,5,8,18H,1-2,4,6-7H2/t8-/m0/s1. The van der Waals surface area contributed by atoms with Crippen LogP contribution in [0, 0.1) is 0 Å². The van der Waals surface area contributed by atoms with Gasteiger partial charge in [-0.25, -0.2) is 0 Å². The molecule has 1 aromatic heterocycles. The third-order valence-electron chi connectivity index (χ3n) is 3.14. The van der Waals surface area contributed by atoms with E-state index in [1.54, 1.807) is 0 Å². The van der Waals surface area contributed by atoms with E-state index in [-0.39, 0.29) is 25.1 Å². The van der Waals surface area contributed by atoms with Crippen molar-refractivity contribution in [1.82, 2.24) is 14.7 Å². The number of amides is 1. The topological polar surface area (TPSA) is 58.4 Å². The predicted molar refractivity (Wildman–Crippen MR) is 59.0 cm³/mol. The molecule has 1 aromatic rings. The molecular formula is C11H14F3N3O2. The maximum absolute atomic E-state index is 12.4. The largest absolute Gasteiger partial charge is 0.435 e. The van der Waals surface area contributed by atoms with E-state index in [4.69, 9.17) is 5.11 Å². The molecule has 106 valence electrons. The van der Waals surface area contributed by atoms with Crippen LogP contribution in [0.3, 0.4) is 0 Å². The number of nitrogens with zero attached hydrogens (tertiary/aromatic N) is 3. The van der Waals surface area contributed by atoms with Crippen molar-refractivity contribution in [1.29, 1.82) is 0 Å². The molecule has 2 heterocycles. The van der Waals surface area contributed by atoms with Gasteiger partial charge < -0.3 is 10.0 Å². The molecule has 0 radical (unpaired) electrons. The van der Waals surface area contributed by atoms with E-state index in [1.165, 1.54) is 4.90 Å². The van der Waals surface area contributed by atoms with E-state index in [0.29, 0.717) is 6.54 Å². The Bertz CT molecular complexity index is 458. The molecule has 0 unspecified atom stereocenters. The number of aromatic nitrogens is 2. The Labute approximate surface area is 107 Å². The van der Waals surface area contributed by atoms with Gasteiger partial charge in [0.05, 0.1) is 12.6 Å². The summed E-state index contributed by atoms with van der Waals surface area (Å²) in [5.41, 5.74) is -1.01. The highest BCUT2D eigenvalue weighted by Crippen LogP contribution is 2.27. The van der Waals surface area contributed by atoms with Crippen LogP contribution >= 0.6 is 0 Å². The highest BCUT2D eigenvalue weighted by molar-refractivity contribution is 5.76. The van der Waals surface area contributed by atoms with Crippen molar-refractivity contribution < 1.29 is 23.1 Å². The van der Waals surface area contributed by atoms with E-state index < -0.39 is 11.9 Å². The summed E-state index contributed by atoms with van der Waals surface area (Å²) in [6.07, 6.45) is -1.86. The van der Waals surface area contributed by atoms with Crippen molar-refractivity contribution in [3.05, 3.63) is 18.0 Å². The quantitative estimate of drug-likeness (QED) is 0.892. The minimum atomic E-state index is -4.50. The summed E-state index contributed by atoms with van der Waals surface area (Å²) in [5.74, 6) is -0.326. The van der Waals surface area contributed by atoms with Crippen molar-refractivity contribution >= 4 is 5.91 Å². The molecule has 1 atom stereocenters. The van der Waals surface area contributed by atoms with Gasteiger partial charge in [-0.15, -0.1) is 0 Å². The third kappa shape index (κ3) is 3.06. The lowest BCUT2D eigenvalue weighted by Crippen LogP contribution is -2.39. The molecule has 1 amide bonds. The molecule has 2 rings (SSSR count). The predicted octanol–water partition coefficient (Wildman–Crippen LogP) is 0.885. The lowest BCUT2D eigenvalue weighted by molar-refractivity contribution is -0.142. The van der Waals surface area contributed by atoms with Gasteiger partial charge in [-0.1, -0.05) is 0 Å². The molecule has 8 heteroatoms. The van der Waals surface area contributed by atoms with E-state index in [9.17, 15) is 18.0 Å². The molecule has 19 heavy (non-hydrogen) atoms. The Morgan fingerprint density at radius 3 is 2.84 bits per heavy atom. The van der Waals surface area contributed by atoms with Crippen LogP contribution in [0.25, 0.3) is 0 Å². The first-order valence-electron chi connectivity index (χ1n) is 5.93. The Kier molecular flexibility index (Phi) is 3.79. The number of hydrogen-bond acceptors (Lipinski definition) is 3. The van der Waals surface area contributed by atoms with Gasteiger partial charge in [0.15, 0.2) is 5.69 Å². The Morgan fingerprint density at radius 2 is 2.26 bits per heavy atom. The fraction of sp³-hybridized carbons (Fsp3) is 0.636. The van der Waals surface area contributed by atoms with E-state index in [1.807, 2.05) is 0 Å². The number of halogens is 3. The highest BCUT2D eigenvalue weighted by atomic mass is 19.4. The first-order valence-corrected chi connectivity index (χ1v) is 5.93. The Morgan fingerprint density at radius 1 is 1.53 bits per heavy atom. The maximum Gasteiger partial charge on any atom is 0.435 e. The zero-order valence-corrected chi connectivity index (χ0v) is 10.1. The molecule has 1 aliphatic rings. The van der Waals surface area contributed by atoms with Crippen LogP contribution in [0.4, 0.5) is 13.2 Å². The van der Waals surface area contributed by atoms with Crippen LogP contribution in [-0.4, -0.2) is 44.9 Å². The average molecular weight is 277 g/mol. The molecule has 1 saturated heterocycles. The normalized spacial score (nSPS) is 20.0. The van der Waals surface area contributed by atoms with Crippen LogP contribution in [-0.2, 0) is 17.5 Å². The van der Waals surface area contributed by atoms with Gasteiger partial charge in [-0.05, 0) is 18.9 Å². The number of carbonyl (C=O) groups excluding carboxylic acids is 1. The first-order chi connectivity index (χ1) is 8.91. The van der Waals surface area contributed by atoms with Crippen LogP contribution in [0.15, 0.2) is 12.3 Å². The smallest absolute Gasteiger partial charge is 0.394 e. The number of alkyl halides is 3. The zero-order chi connectivity index (χ0) is 14.0. The van der Waals surface area contributed by atoms with Crippen LogP contribution < -0.4 is 0 Å². The average Bonchev–Trinajstić information content (AvgIpc) is 2.95. The second-order valence-electron chi connectivity index (χ2n) is 4.46. The lowest BCUT2D eigenvalue weighted by Gasteiger charge is -2.22. The molecule has 0 saturated carbocycles. The van der Waals surface area contributed by atoms with Crippen molar-refractivity contribution in [3.63, 3.8) is 0 Å². The summed E-state index contributed by atoms with van der Waals surface area (Å²) >= 11 is 0. The van der Waals surface area contributed by atoms with Crippen LogP contribution in [0.1, 0.15) is 18.5 Å². The first kappa shape index (κ1) is 13.9. The summed E-state index contributed by atoms with van der Waals surface area (Å²) < 4.78 is 38.0. The molecule has 1 fully saturated rings. The molecular weight excluding hydrogens is 263 g/mol. The number of carbonyl (C=O) groups is 1. The number of hydrogen-bond donors (Lipinski definition) is 1. The van der Waals surface area contributed by atoms with Gasteiger partial charge in [-0.2, -0.15) is 18.3 Å². The van der Waals surface area contributed by atoms with Gasteiger partial charge in [0, 0.05) is 12.7 Å². The number of likely N-dealkylation sites (tertiary alicyclic amines) is 1. The third-order valence-corrected chi connectivity index (χ3v) is 3.14. The van der Waals surface area contributed by atoms with Gasteiger partial charge in [0.25, 0.3) is 0 Å². The van der Waals surface area contributed by atoms with Gasteiger partial charge in [0.2, 0.25) is 5.91 Å². The van der Waals surface area contributed by atoms with Gasteiger partial charge in [0.1, 0.15) is 6.54 Å². The molecule has 5 nitrogen and oxygen atoms in total. The second-order valence-corrected chi connectivity index (χ2v) is 4.46. The van der Waals surface area contributed by atoms with E-state index in [0.717, 1.165) is 29.8 Å². The van der Waals surface area contributed by atoms with Gasteiger partial charge in [-0.3, -0.25) is 9.48 Å². The van der Waals surface area contributed by atoms with Crippen LogP contribution in [0.2, 0.25) is 0 Å². The molecule has 0 aromatic carbocycles. The second kappa shape index (κ2) is 5.20. The molecule has 1 N–H and O–H groups in total. The minimum absolute atomic E-state index is 0.126. The number of aliphatic hydroxyl groups excluding tert-OH is 1. The Hall–Kier alpha value is -1.57. The maximum atomic E-state index is 12.4. The SMILES string of the molecule is O=C(Cn1ccc(C(F)(F)F)n1)N1CCC[C@H]1CO. The Balaban J connectivity index is 2.01. The summed E-state index contributed by atoms with van der Waals surface area (Å²) in [7, 11) is 0. The fourth-order valence-corrected chi connectivity index (χ4v) is 2.18. The summed E-state index contributed by atoms with van der Waals surface area (Å²) in [5, 5.41) is 12.4. The molecule has 0 spiro atoms. The van der Waals surface area contributed by atoms with Crippen molar-refractivity contribution in [2.75, 3.05) is 13.2 Å². The van der Waals surface area contributed by atoms with Gasteiger partial charge >= 0.3 is 6.18 Å². The molecule has 1 aliphatic heterocycles. The summed E-state index contributed by atoms with van der Waals surface area (Å²) in [6.45, 7) is 0.155. The molecule has 0 aliphatic carbocycles. The lowest BCUT2D eigenvalue weighted by atomic mass is 10.2. The van der Waals surface area contributed by atoms with Crippen LogP contribution in [0.5, 0.6) is 0 Å². The van der Waals surface area contributed by atoms with E-state index >= 15 is 0 Å². The summed E-state index contributed by atoms with van der Waals surface area (Å²) in [4.78, 5) is 13.4. The monoisotopic (exact) mass is 277 g/mol. The molecule has 0 bridgehead atoms. The van der Waals surface area contributed by atoms with Crippen molar-refractivity contribution in [2.24, 2.45) is 0 Å². The number of rotatable bonds is 3. The van der Waals surface area contributed by atoms with Crippen molar-refractivity contribution in [2.45, 2.75) is 31.6 Å².